The van der Waals surface area contributed by atoms with Crippen molar-refractivity contribution >= 4 is 0 Å². The molecule has 17 heavy (non-hydrogen) atoms. The summed E-state index contributed by atoms with van der Waals surface area (Å²) >= 11 is 0. The van der Waals surface area contributed by atoms with E-state index in [1.165, 1.54) is 0 Å². The Bertz CT molecular complexity index is 402. The normalized spacial score (nSPS) is 18.6. The van der Waals surface area contributed by atoms with Gasteiger partial charge in [0.05, 0.1) is 14.2 Å². The summed E-state index contributed by atoms with van der Waals surface area (Å²) in [5.74, 6) is 1.44. The first-order valence-corrected chi connectivity index (χ1v) is 5.84. The number of ether oxygens (including phenoxy) is 2. The van der Waals surface area contributed by atoms with Gasteiger partial charge in [-0.15, -0.1) is 0 Å². The standard InChI is InChI=1S/C13H20N2O2/c1-16-10-4-3-9(7-11(10)17-2)12(15)13(8-14)5-6-13/h3-4,7,12H,5-6,8,14-15H2,1-2H3. The second kappa shape index (κ2) is 4.55. The molecule has 0 spiro atoms. The van der Waals surface area contributed by atoms with Gasteiger partial charge in [0.15, 0.2) is 11.5 Å². The largest absolute Gasteiger partial charge is 0.493 e. The predicted molar refractivity (Wildman–Crippen MR) is 67.2 cm³/mol. The van der Waals surface area contributed by atoms with Crippen LogP contribution in [0.5, 0.6) is 11.5 Å². The SMILES string of the molecule is COc1ccc(C(N)C2(CN)CC2)cc1OC. The van der Waals surface area contributed by atoms with E-state index in [9.17, 15) is 0 Å². The molecule has 4 N–H and O–H groups in total. The summed E-state index contributed by atoms with van der Waals surface area (Å²) in [5, 5.41) is 0. The van der Waals surface area contributed by atoms with Crippen LogP contribution in [0.3, 0.4) is 0 Å². The van der Waals surface area contributed by atoms with Crippen molar-refractivity contribution in [2.24, 2.45) is 16.9 Å². The second-order valence-electron chi connectivity index (χ2n) is 4.66. The quantitative estimate of drug-likeness (QED) is 0.811. The molecule has 94 valence electrons. The Morgan fingerprint density at radius 3 is 2.35 bits per heavy atom. The van der Waals surface area contributed by atoms with Crippen molar-refractivity contribution in [3.63, 3.8) is 0 Å². The molecule has 0 saturated heterocycles. The van der Waals surface area contributed by atoms with Gasteiger partial charge >= 0.3 is 0 Å². The van der Waals surface area contributed by atoms with Gasteiger partial charge in [0, 0.05) is 11.5 Å². The van der Waals surface area contributed by atoms with E-state index in [0.717, 1.165) is 24.2 Å². The van der Waals surface area contributed by atoms with Crippen molar-refractivity contribution in [1.29, 1.82) is 0 Å². The van der Waals surface area contributed by atoms with Crippen molar-refractivity contribution in [1.82, 2.24) is 0 Å². The number of hydrogen-bond donors (Lipinski definition) is 2. The van der Waals surface area contributed by atoms with Crippen LogP contribution in [-0.4, -0.2) is 20.8 Å². The maximum Gasteiger partial charge on any atom is 0.161 e. The summed E-state index contributed by atoms with van der Waals surface area (Å²) < 4.78 is 10.5. The highest BCUT2D eigenvalue weighted by atomic mass is 16.5. The molecule has 0 heterocycles. The molecule has 1 saturated carbocycles. The van der Waals surface area contributed by atoms with Crippen molar-refractivity contribution < 1.29 is 9.47 Å². The van der Waals surface area contributed by atoms with Gasteiger partial charge in [-0.3, -0.25) is 0 Å². The molecule has 4 heteroatoms. The molecule has 1 fully saturated rings. The van der Waals surface area contributed by atoms with Crippen LogP contribution < -0.4 is 20.9 Å². The minimum atomic E-state index is -0.0210. The van der Waals surface area contributed by atoms with Crippen molar-refractivity contribution in [2.75, 3.05) is 20.8 Å². The van der Waals surface area contributed by atoms with Gasteiger partial charge in [0.25, 0.3) is 0 Å². The lowest BCUT2D eigenvalue weighted by Crippen LogP contribution is -2.29. The van der Waals surface area contributed by atoms with Crippen LogP contribution in [0.25, 0.3) is 0 Å². The van der Waals surface area contributed by atoms with Crippen molar-refractivity contribution in [3.05, 3.63) is 23.8 Å². The molecule has 4 nitrogen and oxygen atoms in total. The molecule has 1 aliphatic rings. The minimum Gasteiger partial charge on any atom is -0.493 e. The molecule has 0 aliphatic heterocycles. The maximum absolute atomic E-state index is 6.28. The summed E-state index contributed by atoms with van der Waals surface area (Å²) in [4.78, 5) is 0. The molecule has 1 aromatic carbocycles. The van der Waals surface area contributed by atoms with Crippen LogP contribution in [0.4, 0.5) is 0 Å². The van der Waals surface area contributed by atoms with E-state index in [0.29, 0.717) is 12.3 Å². The molecule has 2 rings (SSSR count). The van der Waals surface area contributed by atoms with E-state index in [2.05, 4.69) is 0 Å². The highest BCUT2D eigenvalue weighted by Crippen LogP contribution is 2.53. The third-order valence-electron chi connectivity index (χ3n) is 3.73. The van der Waals surface area contributed by atoms with E-state index >= 15 is 0 Å². The fourth-order valence-electron chi connectivity index (χ4n) is 2.20. The van der Waals surface area contributed by atoms with Crippen molar-refractivity contribution in [2.45, 2.75) is 18.9 Å². The zero-order valence-corrected chi connectivity index (χ0v) is 10.4. The smallest absolute Gasteiger partial charge is 0.161 e. The maximum atomic E-state index is 6.28. The molecular formula is C13H20N2O2. The van der Waals surface area contributed by atoms with Crippen LogP contribution in [0.2, 0.25) is 0 Å². The van der Waals surface area contributed by atoms with Crippen LogP contribution in [0.15, 0.2) is 18.2 Å². The first kappa shape index (κ1) is 12.2. The van der Waals surface area contributed by atoms with Crippen LogP contribution in [0, 0.1) is 5.41 Å². The first-order chi connectivity index (χ1) is 8.16. The fraction of sp³-hybridized carbons (Fsp3) is 0.538. The highest BCUT2D eigenvalue weighted by Gasteiger charge is 2.47. The van der Waals surface area contributed by atoms with E-state index in [1.807, 2.05) is 18.2 Å². The monoisotopic (exact) mass is 236 g/mol. The number of benzene rings is 1. The van der Waals surface area contributed by atoms with Crippen LogP contribution >= 0.6 is 0 Å². The molecule has 0 aromatic heterocycles. The summed E-state index contributed by atoms with van der Waals surface area (Å²) in [6.45, 7) is 0.641. The number of nitrogens with two attached hydrogens (primary N) is 2. The summed E-state index contributed by atoms with van der Waals surface area (Å²) in [6.07, 6.45) is 2.22. The molecule has 0 amide bonds. The fourth-order valence-corrected chi connectivity index (χ4v) is 2.20. The lowest BCUT2D eigenvalue weighted by molar-refractivity contribution is 0.352. The topological polar surface area (TPSA) is 70.5 Å². The zero-order valence-electron chi connectivity index (χ0n) is 10.4. The van der Waals surface area contributed by atoms with Gasteiger partial charge in [-0.25, -0.2) is 0 Å². The Kier molecular flexibility index (Phi) is 3.26. The average molecular weight is 236 g/mol. The van der Waals surface area contributed by atoms with Gasteiger partial charge in [-0.2, -0.15) is 0 Å². The Morgan fingerprint density at radius 2 is 1.88 bits per heavy atom. The molecular weight excluding hydrogens is 216 g/mol. The number of rotatable bonds is 5. The first-order valence-electron chi connectivity index (χ1n) is 5.84. The summed E-state index contributed by atoms with van der Waals surface area (Å²) in [7, 11) is 3.25. The second-order valence-corrected chi connectivity index (χ2v) is 4.66. The number of hydrogen-bond acceptors (Lipinski definition) is 4. The third kappa shape index (κ3) is 2.10. The molecule has 0 radical (unpaired) electrons. The van der Waals surface area contributed by atoms with E-state index in [-0.39, 0.29) is 11.5 Å². The Labute approximate surface area is 102 Å². The Morgan fingerprint density at radius 1 is 1.24 bits per heavy atom. The summed E-state index contributed by atoms with van der Waals surface area (Å²) in [5.41, 5.74) is 13.2. The van der Waals surface area contributed by atoms with Gasteiger partial charge in [0.2, 0.25) is 0 Å². The zero-order chi connectivity index (χ0) is 12.5. The molecule has 1 unspecified atom stereocenters. The average Bonchev–Trinajstić information content (AvgIpc) is 3.18. The highest BCUT2D eigenvalue weighted by molar-refractivity contribution is 5.44. The lowest BCUT2D eigenvalue weighted by Gasteiger charge is -2.22. The number of methoxy groups -OCH3 is 2. The van der Waals surface area contributed by atoms with Gasteiger partial charge in [0.1, 0.15) is 0 Å². The summed E-state index contributed by atoms with van der Waals surface area (Å²) in [6, 6.07) is 5.80. The molecule has 1 aliphatic carbocycles. The van der Waals surface area contributed by atoms with Crippen LogP contribution in [0.1, 0.15) is 24.4 Å². The van der Waals surface area contributed by atoms with E-state index in [1.54, 1.807) is 14.2 Å². The van der Waals surface area contributed by atoms with Gasteiger partial charge < -0.3 is 20.9 Å². The molecule has 1 aromatic rings. The van der Waals surface area contributed by atoms with Crippen LogP contribution in [-0.2, 0) is 0 Å². The third-order valence-corrected chi connectivity index (χ3v) is 3.73. The molecule has 1 atom stereocenters. The van der Waals surface area contributed by atoms with Crippen molar-refractivity contribution in [3.8, 4) is 11.5 Å². The van der Waals surface area contributed by atoms with E-state index < -0.39 is 0 Å². The van der Waals surface area contributed by atoms with E-state index in [4.69, 9.17) is 20.9 Å². The Balaban J connectivity index is 2.27. The molecule has 0 bridgehead atoms. The lowest BCUT2D eigenvalue weighted by atomic mass is 9.91. The van der Waals surface area contributed by atoms with Gasteiger partial charge in [-0.05, 0) is 37.1 Å². The Hall–Kier alpha value is -1.26. The minimum absolute atomic E-state index is 0.0210. The predicted octanol–water partition coefficient (Wildman–Crippen LogP) is 1.44. The van der Waals surface area contributed by atoms with Gasteiger partial charge in [-0.1, -0.05) is 6.07 Å².